The third kappa shape index (κ3) is 3.96. The Hall–Kier alpha value is -3.87. The number of aromatic carboxylic acids is 1. The van der Waals surface area contributed by atoms with Gasteiger partial charge in [-0.05, 0) is 55.3 Å². The van der Waals surface area contributed by atoms with Gasteiger partial charge in [0.2, 0.25) is 0 Å². The van der Waals surface area contributed by atoms with Gasteiger partial charge >= 0.3 is 5.97 Å². The SMILES string of the molecule is CCOc1ccc(N2C(=O)/C(=C\c3ccc(C(=O)[O-])cc3)C(C(=O)OC)=C2C)cc1. The number of hydrogen-bond donors (Lipinski definition) is 0. The predicted molar refractivity (Wildman–Crippen MR) is 109 cm³/mol. The van der Waals surface area contributed by atoms with Gasteiger partial charge in [-0.25, -0.2) is 4.79 Å². The largest absolute Gasteiger partial charge is 0.545 e. The highest BCUT2D eigenvalue weighted by Crippen LogP contribution is 2.36. The maximum atomic E-state index is 13.2. The normalized spacial score (nSPS) is 15.0. The van der Waals surface area contributed by atoms with Gasteiger partial charge in [-0.3, -0.25) is 9.69 Å². The number of benzene rings is 2. The molecule has 3 rings (SSSR count). The van der Waals surface area contributed by atoms with E-state index in [2.05, 4.69) is 0 Å². The van der Waals surface area contributed by atoms with E-state index in [1.165, 1.54) is 42.4 Å². The van der Waals surface area contributed by atoms with Crippen LogP contribution in [0.3, 0.4) is 0 Å². The van der Waals surface area contributed by atoms with Gasteiger partial charge in [-0.2, -0.15) is 0 Å². The lowest BCUT2D eigenvalue weighted by Gasteiger charge is -2.18. The Morgan fingerprint density at radius 3 is 2.23 bits per heavy atom. The second-order valence-electron chi connectivity index (χ2n) is 6.49. The first-order valence-corrected chi connectivity index (χ1v) is 9.27. The van der Waals surface area contributed by atoms with Crippen LogP contribution in [0.15, 0.2) is 65.4 Å². The molecule has 0 saturated heterocycles. The fourth-order valence-corrected chi connectivity index (χ4v) is 3.23. The summed E-state index contributed by atoms with van der Waals surface area (Å²) in [5, 5.41) is 10.9. The summed E-state index contributed by atoms with van der Waals surface area (Å²) in [4.78, 5) is 38.0. The lowest BCUT2D eigenvalue weighted by molar-refractivity contribution is -0.255. The van der Waals surface area contributed by atoms with Crippen LogP contribution in [0.25, 0.3) is 6.08 Å². The first-order chi connectivity index (χ1) is 14.4. The summed E-state index contributed by atoms with van der Waals surface area (Å²) in [5.41, 5.74) is 1.92. The van der Waals surface area contributed by atoms with E-state index in [0.29, 0.717) is 29.3 Å². The smallest absolute Gasteiger partial charge is 0.340 e. The van der Waals surface area contributed by atoms with Crippen molar-refractivity contribution in [1.82, 2.24) is 0 Å². The molecule has 0 unspecified atom stereocenters. The molecule has 7 nitrogen and oxygen atoms in total. The van der Waals surface area contributed by atoms with Crippen LogP contribution in [0, 0.1) is 0 Å². The molecule has 0 spiro atoms. The fraction of sp³-hybridized carbons (Fsp3) is 0.174. The Labute approximate surface area is 173 Å². The van der Waals surface area contributed by atoms with E-state index < -0.39 is 11.9 Å². The van der Waals surface area contributed by atoms with Crippen molar-refractivity contribution < 1.29 is 29.0 Å². The summed E-state index contributed by atoms with van der Waals surface area (Å²) in [6.45, 7) is 4.07. The Kier molecular flexibility index (Phi) is 6.01. The van der Waals surface area contributed by atoms with Gasteiger partial charge in [0, 0.05) is 11.4 Å². The first kappa shape index (κ1) is 20.9. The Morgan fingerprint density at radius 1 is 1.07 bits per heavy atom. The Balaban J connectivity index is 2.04. The zero-order valence-electron chi connectivity index (χ0n) is 16.8. The number of ether oxygens (including phenoxy) is 2. The summed E-state index contributed by atoms with van der Waals surface area (Å²) in [7, 11) is 1.25. The molecule has 154 valence electrons. The molecule has 2 aromatic rings. The number of amides is 1. The topological polar surface area (TPSA) is 96.0 Å². The van der Waals surface area contributed by atoms with Gasteiger partial charge in [-0.15, -0.1) is 0 Å². The number of allylic oxidation sites excluding steroid dienone is 1. The number of hydrogen-bond acceptors (Lipinski definition) is 6. The van der Waals surface area contributed by atoms with Crippen LogP contribution >= 0.6 is 0 Å². The molecule has 0 bridgehead atoms. The maximum absolute atomic E-state index is 13.2. The molecule has 0 radical (unpaired) electrons. The summed E-state index contributed by atoms with van der Waals surface area (Å²) in [6, 6.07) is 12.8. The van der Waals surface area contributed by atoms with E-state index in [-0.39, 0.29) is 22.6 Å². The van der Waals surface area contributed by atoms with E-state index in [1.54, 1.807) is 31.2 Å². The average Bonchev–Trinajstić information content (AvgIpc) is 2.98. The lowest BCUT2D eigenvalue weighted by atomic mass is 10.0. The van der Waals surface area contributed by atoms with Crippen molar-refractivity contribution in [2.75, 3.05) is 18.6 Å². The summed E-state index contributed by atoms with van der Waals surface area (Å²) in [6.07, 6.45) is 1.53. The molecule has 0 aliphatic carbocycles. The molecular weight excluding hydrogens is 386 g/mol. The minimum absolute atomic E-state index is 0.0193. The molecule has 7 heteroatoms. The van der Waals surface area contributed by atoms with E-state index in [4.69, 9.17) is 9.47 Å². The van der Waals surface area contributed by atoms with Crippen LogP contribution in [0.5, 0.6) is 5.75 Å². The number of nitrogens with zero attached hydrogens (tertiary/aromatic N) is 1. The molecule has 1 heterocycles. The quantitative estimate of drug-likeness (QED) is 0.540. The van der Waals surface area contributed by atoms with Crippen molar-refractivity contribution >= 4 is 29.6 Å². The van der Waals surface area contributed by atoms with Gasteiger partial charge < -0.3 is 19.4 Å². The molecule has 0 atom stereocenters. The van der Waals surface area contributed by atoms with Gasteiger partial charge in [0.15, 0.2) is 0 Å². The molecule has 0 N–H and O–H groups in total. The number of carbonyl (C=O) groups excluding carboxylic acids is 3. The maximum Gasteiger partial charge on any atom is 0.340 e. The van der Waals surface area contributed by atoms with Gasteiger partial charge in [0.25, 0.3) is 5.91 Å². The molecule has 0 saturated carbocycles. The number of carbonyl (C=O) groups is 3. The number of esters is 1. The lowest BCUT2D eigenvalue weighted by Crippen LogP contribution is -2.24. The second kappa shape index (κ2) is 8.65. The number of methoxy groups -OCH3 is 1. The standard InChI is InChI=1S/C23H21NO6/c1-4-30-18-11-9-17(10-12-18)24-14(2)20(23(28)29-3)19(21(24)25)13-15-5-7-16(8-6-15)22(26)27/h5-13H,4H2,1-3H3,(H,26,27)/p-1/b19-13-. The summed E-state index contributed by atoms with van der Waals surface area (Å²) >= 11 is 0. The first-order valence-electron chi connectivity index (χ1n) is 9.27. The van der Waals surface area contributed by atoms with E-state index in [1.807, 2.05) is 6.92 Å². The van der Waals surface area contributed by atoms with Crippen molar-refractivity contribution in [3.05, 3.63) is 76.5 Å². The van der Waals surface area contributed by atoms with Crippen LogP contribution in [-0.4, -0.2) is 31.6 Å². The van der Waals surface area contributed by atoms with Crippen molar-refractivity contribution in [2.45, 2.75) is 13.8 Å². The van der Waals surface area contributed by atoms with E-state index in [9.17, 15) is 19.5 Å². The van der Waals surface area contributed by atoms with Crippen molar-refractivity contribution in [3.8, 4) is 5.75 Å². The summed E-state index contributed by atoms with van der Waals surface area (Å²) in [5.74, 6) is -1.64. The van der Waals surface area contributed by atoms with Crippen LogP contribution in [0.2, 0.25) is 0 Å². The highest BCUT2D eigenvalue weighted by molar-refractivity contribution is 6.23. The monoisotopic (exact) mass is 406 g/mol. The molecule has 2 aromatic carbocycles. The van der Waals surface area contributed by atoms with Gasteiger partial charge in [0.1, 0.15) is 5.75 Å². The van der Waals surface area contributed by atoms with Gasteiger partial charge in [-0.1, -0.05) is 24.3 Å². The summed E-state index contributed by atoms with van der Waals surface area (Å²) < 4.78 is 10.3. The van der Waals surface area contributed by atoms with Gasteiger partial charge in [0.05, 0.1) is 30.8 Å². The minimum atomic E-state index is -1.29. The number of anilines is 1. The third-order valence-electron chi connectivity index (χ3n) is 4.65. The van der Waals surface area contributed by atoms with E-state index >= 15 is 0 Å². The minimum Gasteiger partial charge on any atom is -0.545 e. The third-order valence-corrected chi connectivity index (χ3v) is 4.65. The molecule has 0 aromatic heterocycles. The molecule has 1 amide bonds. The zero-order chi connectivity index (χ0) is 21.8. The molecular formula is C23H20NO6-. The van der Waals surface area contributed by atoms with Crippen LogP contribution in [-0.2, 0) is 14.3 Å². The predicted octanol–water partition coefficient (Wildman–Crippen LogP) is 2.33. The molecule has 0 fully saturated rings. The highest BCUT2D eigenvalue weighted by Gasteiger charge is 2.37. The number of carboxylic acid groups (broad SMARTS) is 1. The molecule has 30 heavy (non-hydrogen) atoms. The van der Waals surface area contributed by atoms with E-state index in [0.717, 1.165) is 0 Å². The second-order valence-corrected chi connectivity index (χ2v) is 6.49. The zero-order valence-corrected chi connectivity index (χ0v) is 16.8. The Morgan fingerprint density at radius 2 is 1.70 bits per heavy atom. The number of carboxylic acids is 1. The van der Waals surface area contributed by atoms with Crippen LogP contribution in [0.1, 0.15) is 29.8 Å². The molecule has 1 aliphatic heterocycles. The van der Waals surface area contributed by atoms with Crippen LogP contribution < -0.4 is 14.7 Å². The van der Waals surface area contributed by atoms with Crippen molar-refractivity contribution in [3.63, 3.8) is 0 Å². The average molecular weight is 406 g/mol. The van der Waals surface area contributed by atoms with Crippen molar-refractivity contribution in [2.24, 2.45) is 0 Å². The highest BCUT2D eigenvalue weighted by atomic mass is 16.5. The van der Waals surface area contributed by atoms with Crippen molar-refractivity contribution in [1.29, 1.82) is 0 Å². The van der Waals surface area contributed by atoms with Crippen LogP contribution in [0.4, 0.5) is 5.69 Å². The fourth-order valence-electron chi connectivity index (χ4n) is 3.23. The number of rotatable bonds is 6. The molecule has 1 aliphatic rings. The Bertz CT molecular complexity index is 1050.